The van der Waals surface area contributed by atoms with Crippen LogP contribution in [0.15, 0.2) is 237 Å². The van der Waals surface area contributed by atoms with Crippen LogP contribution in [0.25, 0.3) is 83.5 Å². The van der Waals surface area contributed by atoms with Crippen molar-refractivity contribution < 1.29 is 0 Å². The SMILES string of the molecule is C/C=C\C(=C/C)c1ccc(N(c2ccc(-c3ccc(-c4ccccc4)cc3)cc2)c2ccc(-c3ccccc3-n3c4c(c5c6ccccc6ccc53)CCC=C4)c(-c3ccccc3)c2)cc1. The second-order valence-corrected chi connectivity index (χ2v) is 17.1. The maximum atomic E-state index is 2.52. The molecule has 1 heterocycles. The van der Waals surface area contributed by atoms with Crippen LogP contribution in [0.5, 0.6) is 0 Å². The first-order valence-corrected chi connectivity index (χ1v) is 23.1. The molecule has 0 aliphatic heterocycles. The Kier molecular flexibility index (Phi) is 10.9. The van der Waals surface area contributed by atoms with Crippen LogP contribution in [0.2, 0.25) is 0 Å². The molecule has 316 valence electrons. The van der Waals surface area contributed by atoms with Gasteiger partial charge in [0.2, 0.25) is 0 Å². The predicted molar refractivity (Wildman–Crippen MR) is 283 cm³/mol. The zero-order valence-corrected chi connectivity index (χ0v) is 37.4. The standard InChI is InChI=1S/C64H50N2/c1-3-17-45(4-2)47-32-37-53(38-33-47)65(54-39-34-50(35-40-54)49-30-28-48(29-31-49)46-18-7-5-8-19-46)55-41-42-57(60(44-55)51-20-9-6-10-21-51)58-24-13-15-26-61(58)66-62-27-16-14-25-59(62)64-56-23-12-11-22-52(56)36-43-63(64)66/h3-13,15-24,26-44H,14,25H2,1-2H3/b17-3-,45-4+. The summed E-state index contributed by atoms with van der Waals surface area (Å²) in [5.74, 6) is 0. The van der Waals surface area contributed by atoms with E-state index >= 15 is 0 Å². The minimum Gasteiger partial charge on any atom is -0.310 e. The summed E-state index contributed by atoms with van der Waals surface area (Å²) in [5, 5.41) is 3.96. The van der Waals surface area contributed by atoms with E-state index in [2.05, 4.69) is 266 Å². The highest BCUT2D eigenvalue weighted by molar-refractivity contribution is 6.11. The van der Waals surface area contributed by atoms with Gasteiger partial charge in [0.25, 0.3) is 0 Å². The van der Waals surface area contributed by atoms with E-state index in [4.69, 9.17) is 0 Å². The highest BCUT2D eigenvalue weighted by atomic mass is 15.1. The van der Waals surface area contributed by atoms with E-state index in [0.29, 0.717) is 0 Å². The number of aromatic nitrogens is 1. The number of fused-ring (bicyclic) bond motifs is 5. The zero-order chi connectivity index (χ0) is 44.4. The molecule has 0 atom stereocenters. The lowest BCUT2D eigenvalue weighted by Gasteiger charge is -2.27. The maximum Gasteiger partial charge on any atom is 0.0544 e. The number of hydrogen-bond donors (Lipinski definition) is 0. The Balaban J connectivity index is 1.06. The number of para-hydroxylation sites is 1. The van der Waals surface area contributed by atoms with Crippen molar-refractivity contribution in [3.05, 3.63) is 253 Å². The Bertz CT molecular complexity index is 3440. The third-order valence-corrected chi connectivity index (χ3v) is 13.2. The molecule has 2 heteroatoms. The molecule has 0 amide bonds. The van der Waals surface area contributed by atoms with Gasteiger partial charge < -0.3 is 9.47 Å². The summed E-state index contributed by atoms with van der Waals surface area (Å²) in [6.45, 7) is 4.17. The van der Waals surface area contributed by atoms with Crippen LogP contribution in [0.3, 0.4) is 0 Å². The van der Waals surface area contributed by atoms with Gasteiger partial charge in [-0.15, -0.1) is 0 Å². The monoisotopic (exact) mass is 846 g/mol. The molecule has 0 saturated heterocycles. The smallest absolute Gasteiger partial charge is 0.0544 e. The van der Waals surface area contributed by atoms with Crippen molar-refractivity contribution in [2.75, 3.05) is 4.90 Å². The van der Waals surface area contributed by atoms with E-state index in [1.54, 1.807) is 0 Å². The number of benzene rings is 9. The van der Waals surface area contributed by atoms with Gasteiger partial charge >= 0.3 is 0 Å². The van der Waals surface area contributed by atoms with Crippen molar-refractivity contribution in [1.29, 1.82) is 0 Å². The summed E-state index contributed by atoms with van der Waals surface area (Å²) >= 11 is 0. The molecule has 1 aliphatic carbocycles. The minimum atomic E-state index is 1.03. The van der Waals surface area contributed by atoms with Crippen molar-refractivity contribution in [2.45, 2.75) is 26.7 Å². The highest BCUT2D eigenvalue weighted by Gasteiger charge is 2.24. The number of aryl methyl sites for hydroxylation is 1. The van der Waals surface area contributed by atoms with Crippen molar-refractivity contribution in [2.24, 2.45) is 0 Å². The second-order valence-electron chi connectivity index (χ2n) is 17.1. The molecule has 1 aliphatic rings. The Hall–Kier alpha value is -8.20. The molecular formula is C64H50N2. The molecule has 10 aromatic rings. The Morgan fingerprint density at radius 2 is 1.09 bits per heavy atom. The number of nitrogens with zero attached hydrogens (tertiary/aromatic N) is 2. The molecule has 0 fully saturated rings. The number of allylic oxidation sites excluding steroid dienone is 5. The van der Waals surface area contributed by atoms with Gasteiger partial charge in [-0.25, -0.2) is 0 Å². The molecule has 0 spiro atoms. The molecule has 0 radical (unpaired) electrons. The predicted octanol–water partition coefficient (Wildman–Crippen LogP) is 17.9. The first-order valence-electron chi connectivity index (χ1n) is 23.1. The average molecular weight is 847 g/mol. The molecule has 11 rings (SSSR count). The first-order chi connectivity index (χ1) is 32.7. The van der Waals surface area contributed by atoms with Crippen LogP contribution in [0, 0.1) is 0 Å². The Morgan fingerprint density at radius 3 is 1.79 bits per heavy atom. The lowest BCUT2D eigenvalue weighted by Crippen LogP contribution is -2.10. The van der Waals surface area contributed by atoms with Gasteiger partial charge in [-0.3, -0.25) is 0 Å². The summed E-state index contributed by atoms with van der Waals surface area (Å²) in [6.07, 6.45) is 13.2. The highest BCUT2D eigenvalue weighted by Crippen LogP contribution is 2.45. The van der Waals surface area contributed by atoms with Crippen molar-refractivity contribution >= 4 is 50.4 Å². The summed E-state index contributed by atoms with van der Waals surface area (Å²) in [4.78, 5) is 2.39. The van der Waals surface area contributed by atoms with E-state index < -0.39 is 0 Å². The number of rotatable bonds is 10. The van der Waals surface area contributed by atoms with Crippen LogP contribution < -0.4 is 4.90 Å². The lowest BCUT2D eigenvalue weighted by atomic mass is 9.92. The normalized spacial score (nSPS) is 12.5. The van der Waals surface area contributed by atoms with Crippen LogP contribution >= 0.6 is 0 Å². The van der Waals surface area contributed by atoms with Gasteiger partial charge in [0, 0.05) is 33.7 Å². The second kappa shape index (κ2) is 17.8. The van der Waals surface area contributed by atoms with Gasteiger partial charge in [0.1, 0.15) is 0 Å². The summed E-state index contributed by atoms with van der Waals surface area (Å²) in [6, 6.07) is 77.8. The van der Waals surface area contributed by atoms with Gasteiger partial charge in [-0.05, 0) is 148 Å². The first kappa shape index (κ1) is 40.6. The van der Waals surface area contributed by atoms with Crippen LogP contribution in [-0.2, 0) is 6.42 Å². The van der Waals surface area contributed by atoms with Gasteiger partial charge in [-0.2, -0.15) is 0 Å². The zero-order valence-electron chi connectivity index (χ0n) is 37.4. The summed E-state index contributed by atoms with van der Waals surface area (Å²) in [7, 11) is 0. The quantitative estimate of drug-likeness (QED) is 0.125. The Morgan fingerprint density at radius 1 is 0.500 bits per heavy atom. The van der Waals surface area contributed by atoms with E-state index in [1.807, 2.05) is 0 Å². The molecule has 0 unspecified atom stereocenters. The van der Waals surface area contributed by atoms with Crippen molar-refractivity contribution in [1.82, 2.24) is 4.57 Å². The van der Waals surface area contributed by atoms with Gasteiger partial charge in [0.15, 0.2) is 0 Å². The molecule has 0 saturated carbocycles. The molecule has 0 bridgehead atoms. The number of anilines is 3. The molecule has 1 aromatic heterocycles. The fourth-order valence-corrected chi connectivity index (χ4v) is 10.0. The molecule has 0 N–H and O–H groups in total. The van der Waals surface area contributed by atoms with Crippen LogP contribution in [0.4, 0.5) is 17.1 Å². The largest absolute Gasteiger partial charge is 0.310 e. The third-order valence-electron chi connectivity index (χ3n) is 13.2. The van der Waals surface area contributed by atoms with Gasteiger partial charge in [-0.1, -0.05) is 188 Å². The third kappa shape index (κ3) is 7.47. The lowest BCUT2D eigenvalue weighted by molar-refractivity contribution is 0.968. The van der Waals surface area contributed by atoms with E-state index in [9.17, 15) is 0 Å². The molecule has 66 heavy (non-hydrogen) atoms. The van der Waals surface area contributed by atoms with Crippen molar-refractivity contribution in [3.8, 4) is 50.2 Å². The Labute approximate surface area is 388 Å². The minimum absolute atomic E-state index is 1.03. The summed E-state index contributed by atoms with van der Waals surface area (Å²) in [5.41, 5.74) is 20.3. The van der Waals surface area contributed by atoms with Gasteiger partial charge in [0.05, 0.1) is 11.2 Å². The maximum absolute atomic E-state index is 2.52. The van der Waals surface area contributed by atoms with Crippen LogP contribution in [-0.4, -0.2) is 4.57 Å². The van der Waals surface area contributed by atoms with Crippen LogP contribution in [0.1, 0.15) is 37.1 Å². The summed E-state index contributed by atoms with van der Waals surface area (Å²) < 4.78 is 2.52. The molecule has 2 nitrogen and oxygen atoms in total. The molecular weight excluding hydrogens is 797 g/mol. The number of hydrogen-bond acceptors (Lipinski definition) is 1. The fourth-order valence-electron chi connectivity index (χ4n) is 10.0. The topological polar surface area (TPSA) is 8.17 Å². The van der Waals surface area contributed by atoms with E-state index in [-0.39, 0.29) is 0 Å². The molecule has 9 aromatic carbocycles. The van der Waals surface area contributed by atoms with E-state index in [1.165, 1.54) is 94.3 Å². The van der Waals surface area contributed by atoms with E-state index in [0.717, 1.165) is 29.9 Å². The van der Waals surface area contributed by atoms with Crippen molar-refractivity contribution in [3.63, 3.8) is 0 Å². The average Bonchev–Trinajstić information content (AvgIpc) is 3.74. The fraction of sp³-hybridized carbons (Fsp3) is 0.0625.